The average Bonchev–Trinajstić information content (AvgIpc) is 2.50. The van der Waals surface area contributed by atoms with Gasteiger partial charge in [0.25, 0.3) is 0 Å². The minimum Gasteiger partial charge on any atom is -0.376 e. The summed E-state index contributed by atoms with van der Waals surface area (Å²) in [5.74, 6) is -0.998. The minimum absolute atomic E-state index is 0.0917. The number of aryl methyl sites for hydroxylation is 1. The number of halogens is 2. The number of nitrogens with one attached hydrogen (secondary N) is 1. The summed E-state index contributed by atoms with van der Waals surface area (Å²) in [6.45, 7) is 8.34. The zero-order valence-corrected chi connectivity index (χ0v) is 13.7. The molecule has 120 valence electrons. The van der Waals surface area contributed by atoms with Crippen LogP contribution in [0.3, 0.4) is 0 Å². The van der Waals surface area contributed by atoms with E-state index in [9.17, 15) is 8.78 Å². The topological polar surface area (TPSA) is 21.3 Å². The first-order valence-corrected chi connectivity index (χ1v) is 7.70. The van der Waals surface area contributed by atoms with E-state index in [-0.39, 0.29) is 5.56 Å². The fourth-order valence-corrected chi connectivity index (χ4v) is 2.85. The fraction of sp³-hybridized carbons (Fsp3) is 0.647. The summed E-state index contributed by atoms with van der Waals surface area (Å²) in [4.78, 5) is 0. The van der Waals surface area contributed by atoms with Crippen molar-refractivity contribution in [3.63, 3.8) is 0 Å². The fourth-order valence-electron chi connectivity index (χ4n) is 2.85. The highest BCUT2D eigenvalue weighted by molar-refractivity contribution is 5.31. The van der Waals surface area contributed by atoms with E-state index in [4.69, 9.17) is 4.74 Å². The van der Waals surface area contributed by atoms with Gasteiger partial charge in [0.2, 0.25) is 0 Å². The molecular formula is C17H27F2NO. The molecule has 0 amide bonds. The van der Waals surface area contributed by atoms with Crippen LogP contribution in [0.15, 0.2) is 12.1 Å². The van der Waals surface area contributed by atoms with Crippen LogP contribution in [-0.2, 0) is 4.74 Å². The van der Waals surface area contributed by atoms with Crippen molar-refractivity contribution in [2.24, 2.45) is 0 Å². The third kappa shape index (κ3) is 3.61. The maximum Gasteiger partial charge on any atom is 0.133 e. The Morgan fingerprint density at radius 2 is 1.81 bits per heavy atom. The van der Waals surface area contributed by atoms with Gasteiger partial charge in [-0.15, -0.1) is 0 Å². The highest BCUT2D eigenvalue weighted by atomic mass is 19.1. The first-order valence-electron chi connectivity index (χ1n) is 7.70. The van der Waals surface area contributed by atoms with Crippen LogP contribution in [0.5, 0.6) is 0 Å². The molecule has 0 saturated carbocycles. The predicted octanol–water partition coefficient (Wildman–Crippen LogP) is 4.52. The lowest BCUT2D eigenvalue weighted by molar-refractivity contribution is -0.0502. The van der Waals surface area contributed by atoms with Crippen LogP contribution >= 0.6 is 0 Å². The zero-order valence-electron chi connectivity index (χ0n) is 13.7. The number of hydrogen-bond acceptors (Lipinski definition) is 2. The largest absolute Gasteiger partial charge is 0.376 e. The quantitative estimate of drug-likeness (QED) is 0.762. The van der Waals surface area contributed by atoms with Crippen molar-refractivity contribution in [2.75, 3.05) is 13.7 Å². The smallest absolute Gasteiger partial charge is 0.133 e. The molecule has 0 radical (unpaired) electrons. The van der Waals surface area contributed by atoms with E-state index in [1.54, 1.807) is 14.0 Å². The van der Waals surface area contributed by atoms with Gasteiger partial charge in [-0.2, -0.15) is 0 Å². The summed E-state index contributed by atoms with van der Waals surface area (Å²) in [5.41, 5.74) is -0.0779. The Morgan fingerprint density at radius 1 is 1.19 bits per heavy atom. The Kier molecular flexibility index (Phi) is 6.75. The molecule has 0 saturated heterocycles. The molecule has 0 aliphatic rings. The van der Waals surface area contributed by atoms with Gasteiger partial charge in [-0.1, -0.05) is 26.8 Å². The van der Waals surface area contributed by atoms with Crippen molar-refractivity contribution in [1.29, 1.82) is 0 Å². The second kappa shape index (κ2) is 7.85. The molecule has 0 aliphatic heterocycles. The van der Waals surface area contributed by atoms with Crippen molar-refractivity contribution in [1.82, 2.24) is 5.32 Å². The Labute approximate surface area is 126 Å². The van der Waals surface area contributed by atoms with Gasteiger partial charge in [-0.25, -0.2) is 8.78 Å². The van der Waals surface area contributed by atoms with E-state index >= 15 is 0 Å². The molecule has 0 spiro atoms. The molecule has 21 heavy (non-hydrogen) atoms. The lowest BCUT2D eigenvalue weighted by atomic mass is 9.82. The van der Waals surface area contributed by atoms with Gasteiger partial charge in [-0.05, 0) is 44.4 Å². The van der Waals surface area contributed by atoms with E-state index in [0.29, 0.717) is 24.9 Å². The van der Waals surface area contributed by atoms with Crippen LogP contribution in [0, 0.1) is 18.6 Å². The maximum atomic E-state index is 14.5. The third-order valence-corrected chi connectivity index (χ3v) is 4.34. The first-order chi connectivity index (χ1) is 9.97. The van der Waals surface area contributed by atoms with Gasteiger partial charge in [-0.3, -0.25) is 0 Å². The summed E-state index contributed by atoms with van der Waals surface area (Å²) in [6.07, 6.45) is 2.24. The Hall–Kier alpha value is -1.00. The molecule has 0 heterocycles. The van der Waals surface area contributed by atoms with Crippen molar-refractivity contribution in [3.8, 4) is 0 Å². The van der Waals surface area contributed by atoms with E-state index in [2.05, 4.69) is 5.32 Å². The molecule has 1 atom stereocenters. The summed E-state index contributed by atoms with van der Waals surface area (Å²) >= 11 is 0. The number of rotatable bonds is 8. The lowest BCUT2D eigenvalue weighted by Crippen LogP contribution is -2.46. The second-order valence-corrected chi connectivity index (χ2v) is 5.46. The molecule has 1 rings (SSSR count). The van der Waals surface area contributed by atoms with Gasteiger partial charge >= 0.3 is 0 Å². The molecule has 0 bridgehead atoms. The average molecular weight is 299 g/mol. The van der Waals surface area contributed by atoms with Crippen LogP contribution in [0.25, 0.3) is 0 Å². The molecule has 0 aliphatic carbocycles. The lowest BCUT2D eigenvalue weighted by Gasteiger charge is -2.39. The van der Waals surface area contributed by atoms with Crippen LogP contribution in [0.4, 0.5) is 8.78 Å². The predicted molar refractivity (Wildman–Crippen MR) is 82.5 cm³/mol. The molecule has 1 aromatic rings. The Bertz CT molecular complexity index is 450. The van der Waals surface area contributed by atoms with Gasteiger partial charge in [0.1, 0.15) is 11.6 Å². The monoisotopic (exact) mass is 299 g/mol. The van der Waals surface area contributed by atoms with Gasteiger partial charge in [0, 0.05) is 12.7 Å². The van der Waals surface area contributed by atoms with Crippen molar-refractivity contribution < 1.29 is 13.5 Å². The number of methoxy groups -OCH3 is 1. The number of hydrogen-bond donors (Lipinski definition) is 1. The van der Waals surface area contributed by atoms with Crippen LogP contribution in [0.2, 0.25) is 0 Å². The second-order valence-electron chi connectivity index (χ2n) is 5.46. The molecule has 2 nitrogen and oxygen atoms in total. The zero-order chi connectivity index (χ0) is 16.0. The van der Waals surface area contributed by atoms with E-state index in [1.165, 1.54) is 12.1 Å². The van der Waals surface area contributed by atoms with Crippen LogP contribution in [-0.4, -0.2) is 19.3 Å². The summed E-state index contributed by atoms with van der Waals surface area (Å²) in [5, 5.41) is 3.28. The molecule has 4 heteroatoms. The minimum atomic E-state index is -0.620. The number of ether oxygens (including phenoxy) is 1. The highest BCUT2D eigenvalue weighted by Gasteiger charge is 2.39. The normalized spacial score (nSPS) is 13.5. The highest BCUT2D eigenvalue weighted by Crippen LogP contribution is 2.37. The van der Waals surface area contributed by atoms with Gasteiger partial charge in [0.05, 0.1) is 11.6 Å². The molecular weight excluding hydrogens is 272 g/mol. The molecule has 1 unspecified atom stereocenters. The SMILES string of the molecule is CCCNC(c1c(F)ccc(C)c1F)C(CC)(CC)OC. The molecule has 1 aromatic carbocycles. The summed E-state index contributed by atoms with van der Waals surface area (Å²) in [7, 11) is 1.61. The number of benzene rings is 1. The van der Waals surface area contributed by atoms with E-state index < -0.39 is 23.3 Å². The Morgan fingerprint density at radius 3 is 2.29 bits per heavy atom. The first kappa shape index (κ1) is 18.1. The molecule has 0 aromatic heterocycles. The van der Waals surface area contributed by atoms with Crippen molar-refractivity contribution in [3.05, 3.63) is 34.9 Å². The van der Waals surface area contributed by atoms with E-state index in [1.807, 2.05) is 20.8 Å². The van der Waals surface area contributed by atoms with Crippen LogP contribution in [0.1, 0.15) is 57.2 Å². The van der Waals surface area contributed by atoms with Crippen LogP contribution < -0.4 is 5.32 Å². The summed E-state index contributed by atoms with van der Waals surface area (Å²) in [6, 6.07) is 2.30. The third-order valence-electron chi connectivity index (χ3n) is 4.34. The van der Waals surface area contributed by atoms with E-state index in [0.717, 1.165) is 6.42 Å². The van der Waals surface area contributed by atoms with Gasteiger partial charge in [0.15, 0.2) is 0 Å². The molecule has 1 N–H and O–H groups in total. The Balaban J connectivity index is 3.41. The standard InChI is InChI=1S/C17H27F2NO/c1-6-11-20-16(17(7-2,8-3)21-5)14-13(18)10-9-12(4)15(14)19/h9-10,16,20H,6-8,11H2,1-5H3. The molecule has 0 fully saturated rings. The van der Waals surface area contributed by atoms with Crippen molar-refractivity contribution >= 4 is 0 Å². The summed E-state index contributed by atoms with van der Waals surface area (Å²) < 4.78 is 34.6. The van der Waals surface area contributed by atoms with Gasteiger partial charge < -0.3 is 10.1 Å². The van der Waals surface area contributed by atoms with Crippen molar-refractivity contribution in [2.45, 2.75) is 58.6 Å². The maximum absolute atomic E-state index is 14.5.